The van der Waals surface area contributed by atoms with Gasteiger partial charge in [0.05, 0.1) is 16.8 Å². The molecule has 14 heavy (non-hydrogen) atoms. The van der Waals surface area contributed by atoms with Crippen molar-refractivity contribution < 1.29 is 9.90 Å². The van der Waals surface area contributed by atoms with E-state index >= 15 is 0 Å². The molecule has 0 aliphatic heterocycles. The zero-order valence-electron chi connectivity index (χ0n) is 7.12. The van der Waals surface area contributed by atoms with E-state index in [1.54, 1.807) is 6.20 Å². The van der Waals surface area contributed by atoms with E-state index in [-0.39, 0.29) is 6.54 Å². The smallest absolute Gasteiger partial charge is 0.325 e. The zero-order valence-corrected chi connectivity index (χ0v) is 7.94. The highest BCUT2D eigenvalue weighted by atomic mass is 32.1. The molecule has 0 fully saturated rings. The van der Waals surface area contributed by atoms with E-state index in [2.05, 4.69) is 10.3 Å². The summed E-state index contributed by atoms with van der Waals surface area (Å²) in [7, 11) is 0. The fourth-order valence-electron chi connectivity index (χ4n) is 1.12. The van der Waals surface area contributed by atoms with Crippen molar-refractivity contribution in [3.63, 3.8) is 0 Å². The summed E-state index contributed by atoms with van der Waals surface area (Å²) in [5.41, 5.74) is 0.738. The molecule has 0 saturated carbocycles. The molecule has 0 saturated heterocycles. The van der Waals surface area contributed by atoms with Crippen LogP contribution in [0, 0.1) is 0 Å². The highest BCUT2D eigenvalue weighted by molar-refractivity contribution is 7.13. The van der Waals surface area contributed by atoms with Gasteiger partial charge in [0.2, 0.25) is 0 Å². The molecule has 0 aliphatic rings. The molecule has 6 heteroatoms. The summed E-state index contributed by atoms with van der Waals surface area (Å²) >= 11 is 1.53. The molecule has 0 amide bonds. The summed E-state index contributed by atoms with van der Waals surface area (Å²) in [5, 5.41) is 17.9. The molecule has 0 aliphatic carbocycles. The maximum atomic E-state index is 10.5. The molecule has 2 heterocycles. The second-order valence-corrected chi connectivity index (χ2v) is 3.60. The average Bonchev–Trinajstić information content (AvgIpc) is 2.70. The first-order valence-electron chi connectivity index (χ1n) is 3.91. The fraction of sp³-hybridized carbons (Fsp3) is 0.125. The second-order valence-electron chi connectivity index (χ2n) is 2.65. The summed E-state index contributed by atoms with van der Waals surface area (Å²) < 4.78 is 1.37. The van der Waals surface area contributed by atoms with Gasteiger partial charge in [0.15, 0.2) is 0 Å². The van der Waals surface area contributed by atoms with E-state index in [1.807, 2.05) is 17.5 Å². The van der Waals surface area contributed by atoms with Crippen LogP contribution in [0.5, 0.6) is 0 Å². The van der Waals surface area contributed by atoms with Gasteiger partial charge in [-0.15, -0.1) is 16.4 Å². The number of nitrogens with zero attached hydrogens (tertiary/aromatic N) is 3. The molecule has 0 bridgehead atoms. The Morgan fingerprint density at radius 1 is 1.64 bits per heavy atom. The SMILES string of the molecule is O=C(O)Cn1nncc1-c1cccs1. The number of hydrogen-bond donors (Lipinski definition) is 1. The minimum atomic E-state index is -0.923. The predicted octanol–water partition coefficient (Wildman–Crippen LogP) is 1.09. The molecule has 0 aromatic carbocycles. The maximum absolute atomic E-state index is 10.5. The van der Waals surface area contributed by atoms with Gasteiger partial charge in [0.25, 0.3) is 0 Å². The molecule has 0 spiro atoms. The number of carboxylic acids is 1. The summed E-state index contributed by atoms with van der Waals surface area (Å²) in [5.74, 6) is -0.923. The van der Waals surface area contributed by atoms with Crippen LogP contribution in [0.2, 0.25) is 0 Å². The molecule has 5 nitrogen and oxygen atoms in total. The molecule has 0 unspecified atom stereocenters. The van der Waals surface area contributed by atoms with Crippen molar-refractivity contribution >= 4 is 17.3 Å². The number of aromatic nitrogens is 3. The Balaban J connectivity index is 2.35. The predicted molar refractivity (Wildman–Crippen MR) is 51.0 cm³/mol. The van der Waals surface area contributed by atoms with E-state index < -0.39 is 5.97 Å². The van der Waals surface area contributed by atoms with E-state index in [4.69, 9.17) is 5.11 Å². The van der Waals surface area contributed by atoms with Crippen LogP contribution in [0.25, 0.3) is 10.6 Å². The summed E-state index contributed by atoms with van der Waals surface area (Å²) in [6, 6.07) is 3.81. The van der Waals surface area contributed by atoms with Crippen LogP contribution >= 0.6 is 11.3 Å². The van der Waals surface area contributed by atoms with Gasteiger partial charge in [-0.05, 0) is 11.4 Å². The molecule has 2 rings (SSSR count). The molecular weight excluding hydrogens is 202 g/mol. The van der Waals surface area contributed by atoms with Crippen molar-refractivity contribution in [2.45, 2.75) is 6.54 Å². The van der Waals surface area contributed by atoms with E-state index in [0.717, 1.165) is 10.6 Å². The molecule has 1 N–H and O–H groups in total. The van der Waals surface area contributed by atoms with Crippen LogP contribution in [0.15, 0.2) is 23.7 Å². The normalized spacial score (nSPS) is 10.3. The van der Waals surface area contributed by atoms with Gasteiger partial charge in [-0.2, -0.15) is 0 Å². The molecule has 2 aromatic rings. The maximum Gasteiger partial charge on any atom is 0.325 e. The van der Waals surface area contributed by atoms with Crippen LogP contribution in [-0.4, -0.2) is 26.1 Å². The summed E-state index contributed by atoms with van der Waals surface area (Å²) in [4.78, 5) is 11.5. The van der Waals surface area contributed by atoms with Gasteiger partial charge in [-0.3, -0.25) is 4.79 Å². The minimum Gasteiger partial charge on any atom is -0.480 e. The van der Waals surface area contributed by atoms with Gasteiger partial charge in [-0.1, -0.05) is 11.3 Å². The van der Waals surface area contributed by atoms with E-state index in [0.29, 0.717) is 0 Å². The monoisotopic (exact) mass is 209 g/mol. The van der Waals surface area contributed by atoms with Gasteiger partial charge in [-0.25, -0.2) is 4.68 Å². The Labute approximate surface area is 83.6 Å². The molecule has 0 atom stereocenters. The van der Waals surface area contributed by atoms with E-state index in [1.165, 1.54) is 16.0 Å². The van der Waals surface area contributed by atoms with Crippen LogP contribution in [0.1, 0.15) is 0 Å². The number of carboxylic acid groups (broad SMARTS) is 1. The number of carbonyl (C=O) groups is 1. The van der Waals surface area contributed by atoms with Crippen molar-refractivity contribution in [3.8, 4) is 10.6 Å². The lowest BCUT2D eigenvalue weighted by atomic mass is 10.3. The molecule has 0 radical (unpaired) electrons. The van der Waals surface area contributed by atoms with Gasteiger partial charge in [0.1, 0.15) is 6.54 Å². The average molecular weight is 209 g/mol. The number of aliphatic carboxylic acids is 1. The largest absolute Gasteiger partial charge is 0.480 e. The zero-order chi connectivity index (χ0) is 9.97. The van der Waals surface area contributed by atoms with Crippen LogP contribution < -0.4 is 0 Å². The Bertz CT molecular complexity index is 435. The standard InChI is InChI=1S/C8H7N3O2S/c12-8(13)5-11-6(4-9-10-11)7-2-1-3-14-7/h1-4H,5H2,(H,12,13). The van der Waals surface area contributed by atoms with Crippen molar-refractivity contribution in [1.29, 1.82) is 0 Å². The Morgan fingerprint density at radius 3 is 3.14 bits per heavy atom. The first kappa shape index (κ1) is 8.89. The Morgan fingerprint density at radius 2 is 2.50 bits per heavy atom. The lowest BCUT2D eigenvalue weighted by Gasteiger charge is -1.99. The Hall–Kier alpha value is -1.69. The van der Waals surface area contributed by atoms with E-state index in [9.17, 15) is 4.79 Å². The van der Waals surface area contributed by atoms with Crippen LogP contribution in [-0.2, 0) is 11.3 Å². The highest BCUT2D eigenvalue weighted by Crippen LogP contribution is 2.22. The van der Waals surface area contributed by atoms with Crippen molar-refractivity contribution in [1.82, 2.24) is 15.0 Å². The second kappa shape index (κ2) is 3.59. The topological polar surface area (TPSA) is 68.0 Å². The van der Waals surface area contributed by atoms with Gasteiger partial charge < -0.3 is 5.11 Å². The van der Waals surface area contributed by atoms with Crippen molar-refractivity contribution in [3.05, 3.63) is 23.7 Å². The first-order chi connectivity index (χ1) is 6.77. The molecule has 2 aromatic heterocycles. The van der Waals surface area contributed by atoms with Crippen LogP contribution in [0.3, 0.4) is 0 Å². The van der Waals surface area contributed by atoms with Gasteiger partial charge in [0, 0.05) is 0 Å². The third-order valence-electron chi connectivity index (χ3n) is 1.68. The quantitative estimate of drug-likeness (QED) is 0.821. The molecular formula is C8H7N3O2S. The Kier molecular flexibility index (Phi) is 2.28. The first-order valence-corrected chi connectivity index (χ1v) is 4.79. The summed E-state index contributed by atoms with van der Waals surface area (Å²) in [6.07, 6.45) is 1.56. The number of thiophene rings is 1. The fourth-order valence-corrected chi connectivity index (χ4v) is 1.86. The van der Waals surface area contributed by atoms with Gasteiger partial charge >= 0.3 is 5.97 Å². The summed E-state index contributed by atoms with van der Waals surface area (Å²) in [6.45, 7) is -0.159. The third kappa shape index (κ3) is 1.64. The van der Waals surface area contributed by atoms with Crippen LogP contribution in [0.4, 0.5) is 0 Å². The third-order valence-corrected chi connectivity index (χ3v) is 2.57. The lowest BCUT2D eigenvalue weighted by molar-refractivity contribution is -0.137. The number of hydrogen-bond acceptors (Lipinski definition) is 4. The van der Waals surface area contributed by atoms with Crippen molar-refractivity contribution in [2.24, 2.45) is 0 Å². The highest BCUT2D eigenvalue weighted by Gasteiger charge is 2.09. The number of rotatable bonds is 3. The minimum absolute atomic E-state index is 0.159. The lowest BCUT2D eigenvalue weighted by Crippen LogP contribution is -2.11. The molecule has 72 valence electrons. The van der Waals surface area contributed by atoms with Crippen molar-refractivity contribution in [2.75, 3.05) is 0 Å².